The Morgan fingerprint density at radius 2 is 1.71 bits per heavy atom. The minimum atomic E-state index is -0.101. The SMILES string of the molecule is CC(C)(C)c1ncc(CN2[C@@H]3CCC[C@H]2CC(O)C3)cn1. The van der Waals surface area contributed by atoms with Gasteiger partial charge in [0.05, 0.1) is 6.10 Å². The highest BCUT2D eigenvalue weighted by Crippen LogP contribution is 2.35. The minimum Gasteiger partial charge on any atom is -0.393 e. The number of rotatable bonds is 2. The third-order valence-electron chi connectivity index (χ3n) is 4.84. The number of fused-ring (bicyclic) bond motifs is 2. The molecular formula is C17H27N3O. The molecule has 2 aliphatic rings. The van der Waals surface area contributed by atoms with E-state index in [1.54, 1.807) is 0 Å². The number of piperidine rings is 2. The van der Waals surface area contributed by atoms with Gasteiger partial charge in [0.25, 0.3) is 0 Å². The standard InChI is InChI=1S/C17H27N3O/c1-17(2,3)16-18-9-12(10-19-16)11-20-13-5-4-6-14(20)8-15(21)7-13/h9-10,13-15,21H,4-8,11H2,1-3H3/t13-,14+,15?. The van der Waals surface area contributed by atoms with Gasteiger partial charge in [-0.2, -0.15) is 0 Å². The van der Waals surface area contributed by atoms with E-state index in [-0.39, 0.29) is 11.5 Å². The summed E-state index contributed by atoms with van der Waals surface area (Å²) in [6, 6.07) is 1.07. The first-order valence-electron chi connectivity index (χ1n) is 8.18. The summed E-state index contributed by atoms with van der Waals surface area (Å²) < 4.78 is 0. The van der Waals surface area contributed by atoms with Crippen LogP contribution in [0.25, 0.3) is 0 Å². The smallest absolute Gasteiger partial charge is 0.133 e. The van der Waals surface area contributed by atoms with Crippen molar-refractivity contribution in [3.8, 4) is 0 Å². The van der Waals surface area contributed by atoms with Gasteiger partial charge in [-0.15, -0.1) is 0 Å². The quantitative estimate of drug-likeness (QED) is 0.909. The highest BCUT2D eigenvalue weighted by atomic mass is 16.3. The van der Waals surface area contributed by atoms with Gasteiger partial charge < -0.3 is 5.11 Å². The molecule has 2 aliphatic heterocycles. The molecule has 0 aromatic carbocycles. The highest BCUT2D eigenvalue weighted by molar-refractivity contribution is 5.10. The van der Waals surface area contributed by atoms with Crippen LogP contribution in [0.15, 0.2) is 12.4 Å². The summed E-state index contributed by atoms with van der Waals surface area (Å²) >= 11 is 0. The maximum absolute atomic E-state index is 9.97. The van der Waals surface area contributed by atoms with Crippen LogP contribution in [0, 0.1) is 0 Å². The third-order valence-corrected chi connectivity index (χ3v) is 4.84. The van der Waals surface area contributed by atoms with Crippen LogP contribution >= 0.6 is 0 Å². The summed E-state index contributed by atoms with van der Waals surface area (Å²) in [5.41, 5.74) is 1.20. The van der Waals surface area contributed by atoms with E-state index in [2.05, 4.69) is 35.6 Å². The molecule has 1 aromatic rings. The van der Waals surface area contributed by atoms with Crippen molar-refractivity contribution < 1.29 is 5.11 Å². The molecule has 2 fully saturated rings. The van der Waals surface area contributed by atoms with Crippen LogP contribution in [0.1, 0.15) is 64.3 Å². The first kappa shape index (κ1) is 14.9. The number of aliphatic hydroxyl groups excluding tert-OH is 1. The Labute approximate surface area is 127 Å². The molecule has 1 unspecified atom stereocenters. The van der Waals surface area contributed by atoms with Crippen LogP contribution in [0.5, 0.6) is 0 Å². The molecule has 0 aliphatic carbocycles. The molecule has 0 radical (unpaired) electrons. The molecular weight excluding hydrogens is 262 g/mol. The molecule has 21 heavy (non-hydrogen) atoms. The molecule has 0 amide bonds. The van der Waals surface area contributed by atoms with Crippen molar-refractivity contribution in [1.82, 2.24) is 14.9 Å². The third kappa shape index (κ3) is 3.27. The number of hydrogen-bond acceptors (Lipinski definition) is 4. The van der Waals surface area contributed by atoms with Crippen molar-refractivity contribution in [2.75, 3.05) is 0 Å². The maximum Gasteiger partial charge on any atom is 0.133 e. The summed E-state index contributed by atoms with van der Waals surface area (Å²) in [6.07, 6.45) is 9.45. The number of nitrogens with zero attached hydrogens (tertiary/aromatic N) is 3. The average Bonchev–Trinajstić information content (AvgIpc) is 2.39. The van der Waals surface area contributed by atoms with Crippen LogP contribution in [0.3, 0.4) is 0 Å². The predicted molar refractivity (Wildman–Crippen MR) is 82.9 cm³/mol. The lowest BCUT2D eigenvalue weighted by molar-refractivity contribution is -0.0313. The van der Waals surface area contributed by atoms with E-state index in [0.717, 1.165) is 25.2 Å². The van der Waals surface area contributed by atoms with Gasteiger partial charge >= 0.3 is 0 Å². The first-order chi connectivity index (χ1) is 9.93. The summed E-state index contributed by atoms with van der Waals surface area (Å²) in [6.45, 7) is 7.34. The topological polar surface area (TPSA) is 49.2 Å². The van der Waals surface area contributed by atoms with E-state index in [1.807, 2.05) is 12.4 Å². The minimum absolute atomic E-state index is 0.00424. The molecule has 3 heterocycles. The fourth-order valence-electron chi connectivity index (χ4n) is 3.74. The maximum atomic E-state index is 9.97. The van der Waals surface area contributed by atoms with Gasteiger partial charge in [-0.05, 0) is 25.7 Å². The molecule has 0 saturated carbocycles. The van der Waals surface area contributed by atoms with Crippen LogP contribution in [0.4, 0.5) is 0 Å². The molecule has 1 N–H and O–H groups in total. The Morgan fingerprint density at radius 3 is 2.24 bits per heavy atom. The number of hydrogen-bond donors (Lipinski definition) is 1. The Morgan fingerprint density at radius 1 is 1.14 bits per heavy atom. The molecule has 2 bridgehead atoms. The van der Waals surface area contributed by atoms with E-state index in [9.17, 15) is 5.11 Å². The van der Waals surface area contributed by atoms with Gasteiger partial charge in [0.15, 0.2) is 0 Å². The van der Waals surface area contributed by atoms with E-state index >= 15 is 0 Å². The van der Waals surface area contributed by atoms with Gasteiger partial charge in [-0.3, -0.25) is 4.90 Å². The monoisotopic (exact) mass is 289 g/mol. The van der Waals surface area contributed by atoms with Crippen LogP contribution in [-0.2, 0) is 12.0 Å². The van der Waals surface area contributed by atoms with Gasteiger partial charge in [0, 0.05) is 42.0 Å². The molecule has 4 heteroatoms. The van der Waals surface area contributed by atoms with Crippen LogP contribution < -0.4 is 0 Å². The normalized spacial score (nSPS) is 30.4. The fraction of sp³-hybridized carbons (Fsp3) is 0.765. The van der Waals surface area contributed by atoms with E-state index in [1.165, 1.54) is 24.8 Å². The summed E-state index contributed by atoms with van der Waals surface area (Å²) in [5.74, 6) is 0.903. The van der Waals surface area contributed by atoms with Crippen molar-refractivity contribution in [1.29, 1.82) is 0 Å². The van der Waals surface area contributed by atoms with Crippen molar-refractivity contribution in [2.24, 2.45) is 0 Å². The second-order valence-corrected chi connectivity index (χ2v) is 7.70. The molecule has 3 rings (SSSR count). The zero-order chi connectivity index (χ0) is 15.0. The lowest BCUT2D eigenvalue weighted by atomic mass is 9.83. The first-order valence-corrected chi connectivity index (χ1v) is 8.18. The van der Waals surface area contributed by atoms with Crippen LogP contribution in [-0.4, -0.2) is 38.2 Å². The van der Waals surface area contributed by atoms with Gasteiger partial charge in [0.1, 0.15) is 5.82 Å². The second-order valence-electron chi connectivity index (χ2n) is 7.70. The van der Waals surface area contributed by atoms with Crippen molar-refractivity contribution in [2.45, 2.75) is 83.0 Å². The Kier molecular flexibility index (Phi) is 4.02. The summed E-state index contributed by atoms with van der Waals surface area (Å²) in [5, 5.41) is 9.97. The second kappa shape index (κ2) is 5.65. The zero-order valence-electron chi connectivity index (χ0n) is 13.4. The van der Waals surface area contributed by atoms with Crippen molar-refractivity contribution in [3.63, 3.8) is 0 Å². The summed E-state index contributed by atoms with van der Waals surface area (Å²) in [4.78, 5) is 11.6. The molecule has 4 nitrogen and oxygen atoms in total. The Balaban J connectivity index is 1.71. The highest BCUT2D eigenvalue weighted by Gasteiger charge is 2.37. The fourth-order valence-corrected chi connectivity index (χ4v) is 3.74. The summed E-state index contributed by atoms with van der Waals surface area (Å²) in [7, 11) is 0. The molecule has 116 valence electrons. The predicted octanol–water partition coefficient (Wildman–Crippen LogP) is 2.65. The number of aromatic nitrogens is 2. The van der Waals surface area contributed by atoms with Gasteiger partial charge in [-0.25, -0.2) is 9.97 Å². The van der Waals surface area contributed by atoms with Crippen molar-refractivity contribution >= 4 is 0 Å². The van der Waals surface area contributed by atoms with E-state index < -0.39 is 0 Å². The molecule has 3 atom stereocenters. The van der Waals surface area contributed by atoms with Crippen LogP contribution in [0.2, 0.25) is 0 Å². The molecule has 0 spiro atoms. The zero-order valence-corrected chi connectivity index (χ0v) is 13.4. The van der Waals surface area contributed by atoms with Gasteiger partial charge in [-0.1, -0.05) is 27.2 Å². The molecule has 1 aromatic heterocycles. The Hall–Kier alpha value is -1.00. The molecule has 2 saturated heterocycles. The van der Waals surface area contributed by atoms with E-state index in [0.29, 0.717) is 12.1 Å². The van der Waals surface area contributed by atoms with E-state index in [4.69, 9.17) is 0 Å². The van der Waals surface area contributed by atoms with Crippen molar-refractivity contribution in [3.05, 3.63) is 23.8 Å². The lowest BCUT2D eigenvalue weighted by Gasteiger charge is -2.47. The lowest BCUT2D eigenvalue weighted by Crippen LogP contribution is -2.52. The van der Waals surface area contributed by atoms with Gasteiger partial charge in [0.2, 0.25) is 0 Å². The number of aliphatic hydroxyl groups is 1. The Bertz CT molecular complexity index is 466. The average molecular weight is 289 g/mol. The largest absolute Gasteiger partial charge is 0.393 e.